The minimum Gasteiger partial charge on any atom is -0.393 e. The third-order valence-electron chi connectivity index (χ3n) is 3.58. The molecule has 0 aromatic rings. The lowest BCUT2D eigenvalue weighted by molar-refractivity contribution is 0.138. The first-order valence-corrected chi connectivity index (χ1v) is 8.61. The van der Waals surface area contributed by atoms with Gasteiger partial charge in [0.25, 0.3) is 0 Å². The number of aliphatic hydroxyl groups excluding tert-OH is 1. The lowest BCUT2D eigenvalue weighted by Gasteiger charge is -2.26. The van der Waals surface area contributed by atoms with Crippen molar-refractivity contribution in [2.75, 3.05) is 31.1 Å². The Morgan fingerprint density at radius 1 is 1.11 bits per heavy atom. The van der Waals surface area contributed by atoms with Crippen molar-refractivity contribution in [3.8, 4) is 0 Å². The molecule has 0 aromatic carbocycles. The summed E-state index contributed by atoms with van der Waals surface area (Å²) in [5.74, 6) is 2.57. The minimum absolute atomic E-state index is 0.0773. The molecule has 3 heteroatoms. The van der Waals surface area contributed by atoms with Crippen LogP contribution in [0.3, 0.4) is 0 Å². The van der Waals surface area contributed by atoms with E-state index < -0.39 is 0 Å². The molecule has 0 bridgehead atoms. The van der Waals surface area contributed by atoms with Crippen LogP contribution in [-0.4, -0.2) is 47.3 Å². The van der Waals surface area contributed by atoms with E-state index in [1.54, 1.807) is 0 Å². The summed E-state index contributed by atoms with van der Waals surface area (Å²) in [6.45, 7) is 10.5. The Labute approximate surface area is 118 Å². The zero-order valence-corrected chi connectivity index (χ0v) is 13.3. The molecule has 108 valence electrons. The van der Waals surface area contributed by atoms with Crippen molar-refractivity contribution in [1.82, 2.24) is 4.90 Å². The van der Waals surface area contributed by atoms with Gasteiger partial charge in [0, 0.05) is 24.6 Å². The number of hydrogen-bond donors (Lipinski definition) is 1. The number of thioether (sulfide) groups is 1. The second kappa shape index (κ2) is 8.44. The van der Waals surface area contributed by atoms with Gasteiger partial charge in [-0.2, -0.15) is 11.8 Å². The predicted molar refractivity (Wildman–Crippen MR) is 82.3 cm³/mol. The maximum absolute atomic E-state index is 9.95. The minimum atomic E-state index is -0.0773. The molecule has 1 aliphatic heterocycles. The van der Waals surface area contributed by atoms with Gasteiger partial charge in [-0.25, -0.2) is 0 Å². The third kappa shape index (κ3) is 8.39. The summed E-state index contributed by atoms with van der Waals surface area (Å²) >= 11 is 2.06. The summed E-state index contributed by atoms with van der Waals surface area (Å²) in [4.78, 5) is 2.54. The van der Waals surface area contributed by atoms with E-state index in [4.69, 9.17) is 0 Å². The number of rotatable bonds is 7. The van der Waals surface area contributed by atoms with Gasteiger partial charge in [0.15, 0.2) is 0 Å². The lowest BCUT2D eigenvalue weighted by Crippen LogP contribution is -2.33. The fourth-order valence-corrected chi connectivity index (χ4v) is 3.37. The van der Waals surface area contributed by atoms with E-state index in [0.29, 0.717) is 5.41 Å². The molecular weight excluding hydrogens is 242 g/mol. The Hall–Kier alpha value is 0.270. The van der Waals surface area contributed by atoms with Crippen LogP contribution < -0.4 is 0 Å². The second-order valence-electron chi connectivity index (χ2n) is 6.70. The Bertz CT molecular complexity index is 209. The van der Waals surface area contributed by atoms with Crippen molar-refractivity contribution in [1.29, 1.82) is 0 Å². The largest absolute Gasteiger partial charge is 0.393 e. The topological polar surface area (TPSA) is 23.5 Å². The van der Waals surface area contributed by atoms with E-state index >= 15 is 0 Å². The highest BCUT2D eigenvalue weighted by Crippen LogP contribution is 2.22. The van der Waals surface area contributed by atoms with Crippen molar-refractivity contribution in [2.45, 2.75) is 59.0 Å². The highest BCUT2D eigenvalue weighted by molar-refractivity contribution is 7.99. The van der Waals surface area contributed by atoms with Crippen LogP contribution in [0.1, 0.15) is 52.9 Å². The summed E-state index contributed by atoms with van der Waals surface area (Å²) in [6, 6.07) is 0. The van der Waals surface area contributed by atoms with Gasteiger partial charge in [0.1, 0.15) is 0 Å². The van der Waals surface area contributed by atoms with Crippen LogP contribution in [0.5, 0.6) is 0 Å². The molecule has 1 heterocycles. The second-order valence-corrected chi connectivity index (χ2v) is 7.93. The van der Waals surface area contributed by atoms with Crippen molar-refractivity contribution in [3.05, 3.63) is 0 Å². The summed E-state index contributed by atoms with van der Waals surface area (Å²) in [6.07, 6.45) is 5.41. The van der Waals surface area contributed by atoms with Crippen molar-refractivity contribution in [3.63, 3.8) is 0 Å². The number of aliphatic hydroxyl groups is 1. The summed E-state index contributed by atoms with van der Waals surface area (Å²) in [5.41, 5.74) is 0.408. The van der Waals surface area contributed by atoms with Crippen molar-refractivity contribution in [2.24, 2.45) is 5.41 Å². The molecule has 1 fully saturated rings. The van der Waals surface area contributed by atoms with Gasteiger partial charge in [0.2, 0.25) is 0 Å². The van der Waals surface area contributed by atoms with Crippen LogP contribution in [0.2, 0.25) is 0 Å². The third-order valence-corrected chi connectivity index (χ3v) is 4.52. The fraction of sp³-hybridized carbons (Fsp3) is 1.00. The molecule has 0 amide bonds. The highest BCUT2D eigenvalue weighted by Gasteiger charge is 2.13. The lowest BCUT2D eigenvalue weighted by atomic mass is 9.89. The maximum atomic E-state index is 9.95. The summed E-state index contributed by atoms with van der Waals surface area (Å²) in [5, 5.41) is 9.95. The average molecular weight is 273 g/mol. The van der Waals surface area contributed by atoms with Gasteiger partial charge in [-0.3, -0.25) is 0 Å². The molecule has 0 saturated carbocycles. The molecule has 0 spiro atoms. The molecule has 0 unspecified atom stereocenters. The molecule has 2 nitrogen and oxygen atoms in total. The van der Waals surface area contributed by atoms with Crippen LogP contribution >= 0.6 is 11.8 Å². The summed E-state index contributed by atoms with van der Waals surface area (Å²) in [7, 11) is 0. The maximum Gasteiger partial charge on any atom is 0.0540 e. The van der Waals surface area contributed by atoms with Gasteiger partial charge < -0.3 is 10.0 Å². The number of hydrogen-bond acceptors (Lipinski definition) is 3. The fourth-order valence-electron chi connectivity index (χ4n) is 2.39. The van der Waals surface area contributed by atoms with Crippen LogP contribution in [0.15, 0.2) is 0 Å². The summed E-state index contributed by atoms with van der Waals surface area (Å²) < 4.78 is 0. The van der Waals surface area contributed by atoms with Crippen LogP contribution in [-0.2, 0) is 0 Å². The normalized spacial score (nSPS) is 20.0. The van der Waals surface area contributed by atoms with E-state index in [0.717, 1.165) is 25.7 Å². The Kier molecular flexibility index (Phi) is 7.66. The standard InChI is InChI=1S/C15H31NOS/c1-15(2,3)8-4-6-14(17)7-5-9-16-10-12-18-13-11-16/h14,17H,4-13H2,1-3H3/t14-/m0/s1. The number of nitrogens with zero attached hydrogens (tertiary/aromatic N) is 1. The molecular formula is C15H31NOS. The van der Waals surface area contributed by atoms with Gasteiger partial charge in [-0.05, 0) is 37.6 Å². The molecule has 18 heavy (non-hydrogen) atoms. The van der Waals surface area contributed by atoms with E-state index in [1.165, 1.54) is 37.6 Å². The predicted octanol–water partition coefficient (Wildman–Crippen LogP) is 3.39. The SMILES string of the molecule is CC(C)(C)CCC[C@H](O)CCCN1CCSCC1. The van der Waals surface area contributed by atoms with E-state index in [9.17, 15) is 5.11 Å². The Balaban J connectivity index is 1.97. The first-order chi connectivity index (χ1) is 8.47. The zero-order valence-electron chi connectivity index (χ0n) is 12.5. The first-order valence-electron chi connectivity index (χ1n) is 7.45. The van der Waals surface area contributed by atoms with E-state index in [1.807, 2.05) is 0 Å². The molecule has 1 saturated heterocycles. The Morgan fingerprint density at radius 2 is 1.72 bits per heavy atom. The first kappa shape index (κ1) is 16.3. The van der Waals surface area contributed by atoms with Crippen LogP contribution in [0.25, 0.3) is 0 Å². The smallest absolute Gasteiger partial charge is 0.0540 e. The van der Waals surface area contributed by atoms with Gasteiger partial charge in [-0.1, -0.05) is 27.2 Å². The van der Waals surface area contributed by atoms with Crippen molar-refractivity contribution < 1.29 is 5.11 Å². The average Bonchev–Trinajstić information content (AvgIpc) is 2.28. The van der Waals surface area contributed by atoms with Gasteiger partial charge >= 0.3 is 0 Å². The molecule has 0 radical (unpaired) electrons. The monoisotopic (exact) mass is 273 g/mol. The molecule has 1 N–H and O–H groups in total. The molecule has 1 aliphatic rings. The molecule has 1 atom stereocenters. The highest BCUT2D eigenvalue weighted by atomic mass is 32.2. The molecule has 1 rings (SSSR count). The van der Waals surface area contributed by atoms with Gasteiger partial charge in [0.05, 0.1) is 6.10 Å². The zero-order chi connectivity index (χ0) is 13.4. The quantitative estimate of drug-likeness (QED) is 0.769. The molecule has 0 aliphatic carbocycles. The van der Waals surface area contributed by atoms with E-state index in [-0.39, 0.29) is 6.10 Å². The van der Waals surface area contributed by atoms with Crippen LogP contribution in [0, 0.1) is 5.41 Å². The van der Waals surface area contributed by atoms with Crippen LogP contribution in [0.4, 0.5) is 0 Å². The van der Waals surface area contributed by atoms with E-state index in [2.05, 4.69) is 37.4 Å². The Morgan fingerprint density at radius 3 is 2.33 bits per heavy atom. The molecule has 0 aromatic heterocycles. The van der Waals surface area contributed by atoms with Crippen molar-refractivity contribution >= 4 is 11.8 Å². The van der Waals surface area contributed by atoms with Gasteiger partial charge in [-0.15, -0.1) is 0 Å².